The molecule has 0 spiro atoms. The predicted molar refractivity (Wildman–Crippen MR) is 75.9 cm³/mol. The van der Waals surface area contributed by atoms with Gasteiger partial charge in [-0.25, -0.2) is 4.98 Å². The number of carbonyl (C=O) groups excluding carboxylic acids is 1. The lowest BCUT2D eigenvalue weighted by atomic mass is 9.95. The van der Waals surface area contributed by atoms with E-state index >= 15 is 0 Å². The van der Waals surface area contributed by atoms with Crippen LogP contribution in [0.15, 0.2) is 18.3 Å². The smallest absolute Gasteiger partial charge is 0.252 e. The average Bonchev–Trinajstić information content (AvgIpc) is 2.40. The molecule has 1 fully saturated rings. The molecule has 18 heavy (non-hydrogen) atoms. The number of aromatic nitrogens is 1. The number of hydrogen-bond acceptors (Lipinski definition) is 4. The lowest BCUT2D eigenvalue weighted by Crippen LogP contribution is -2.28. The van der Waals surface area contributed by atoms with Gasteiger partial charge in [-0.05, 0) is 44.1 Å². The van der Waals surface area contributed by atoms with E-state index in [0.717, 1.165) is 18.1 Å². The Hall–Kier alpha value is -1.23. The first-order valence-electron chi connectivity index (χ1n) is 6.25. The number of nitrogens with one attached hydrogen (secondary N) is 1. The van der Waals surface area contributed by atoms with E-state index in [-0.39, 0.29) is 0 Å². The summed E-state index contributed by atoms with van der Waals surface area (Å²) >= 11 is 1.94. The Balaban J connectivity index is 2.00. The highest BCUT2D eigenvalue weighted by Crippen LogP contribution is 2.28. The zero-order valence-corrected chi connectivity index (χ0v) is 11.4. The number of hydrogen-bond donors (Lipinski definition) is 2. The topological polar surface area (TPSA) is 68.0 Å². The van der Waals surface area contributed by atoms with Crippen LogP contribution in [0.3, 0.4) is 0 Å². The normalized spacial score (nSPS) is 23.6. The van der Waals surface area contributed by atoms with Crippen LogP contribution in [0.4, 0.5) is 5.82 Å². The van der Waals surface area contributed by atoms with Gasteiger partial charge in [0.15, 0.2) is 0 Å². The van der Waals surface area contributed by atoms with E-state index < -0.39 is 5.91 Å². The summed E-state index contributed by atoms with van der Waals surface area (Å²) < 4.78 is 0. The molecule has 1 saturated carbocycles. The third-order valence-electron chi connectivity index (χ3n) is 3.42. The summed E-state index contributed by atoms with van der Waals surface area (Å²) in [4.78, 5) is 15.5. The first-order valence-corrected chi connectivity index (χ1v) is 7.53. The van der Waals surface area contributed by atoms with Crippen LogP contribution in [-0.4, -0.2) is 28.4 Å². The van der Waals surface area contributed by atoms with Gasteiger partial charge in [0, 0.05) is 17.5 Å². The van der Waals surface area contributed by atoms with Crippen LogP contribution in [0.5, 0.6) is 0 Å². The third kappa shape index (κ3) is 3.16. The molecule has 1 amide bonds. The highest BCUT2D eigenvalue weighted by atomic mass is 32.2. The Labute approximate surface area is 112 Å². The van der Waals surface area contributed by atoms with E-state index in [9.17, 15) is 4.79 Å². The molecule has 0 bridgehead atoms. The van der Waals surface area contributed by atoms with E-state index in [0.29, 0.717) is 17.4 Å². The summed E-state index contributed by atoms with van der Waals surface area (Å²) in [5.41, 5.74) is 5.82. The van der Waals surface area contributed by atoms with Gasteiger partial charge < -0.3 is 11.1 Å². The number of nitrogens with two attached hydrogens (primary N) is 1. The summed E-state index contributed by atoms with van der Waals surface area (Å²) in [6, 6.07) is 3.85. The number of primary amides is 1. The van der Waals surface area contributed by atoms with Crippen LogP contribution >= 0.6 is 11.8 Å². The molecular weight excluding hydrogens is 246 g/mol. The minimum absolute atomic E-state index is 0.404. The van der Waals surface area contributed by atoms with Gasteiger partial charge in [0.1, 0.15) is 5.82 Å². The van der Waals surface area contributed by atoms with Crippen molar-refractivity contribution < 1.29 is 4.79 Å². The molecule has 5 heteroatoms. The van der Waals surface area contributed by atoms with Crippen LogP contribution in [0.1, 0.15) is 36.0 Å². The van der Waals surface area contributed by atoms with Crippen LogP contribution in [-0.2, 0) is 0 Å². The second-order valence-corrected chi connectivity index (χ2v) is 5.76. The van der Waals surface area contributed by atoms with Gasteiger partial charge in [-0.2, -0.15) is 11.8 Å². The molecule has 1 heterocycles. The first-order chi connectivity index (χ1) is 8.70. The maximum atomic E-state index is 11.3. The van der Waals surface area contributed by atoms with Gasteiger partial charge in [-0.1, -0.05) is 0 Å². The molecule has 4 nitrogen and oxygen atoms in total. The second kappa shape index (κ2) is 6.09. The molecule has 0 aliphatic heterocycles. The Kier molecular flexibility index (Phi) is 4.47. The lowest BCUT2D eigenvalue weighted by molar-refractivity contribution is 0.100. The van der Waals surface area contributed by atoms with Crippen molar-refractivity contribution in [1.82, 2.24) is 4.98 Å². The number of pyridine rings is 1. The number of thioether (sulfide) groups is 1. The lowest BCUT2D eigenvalue weighted by Gasteiger charge is -2.28. The molecule has 1 aromatic rings. The van der Waals surface area contributed by atoms with Crippen molar-refractivity contribution in [1.29, 1.82) is 0 Å². The van der Waals surface area contributed by atoms with Gasteiger partial charge in [0.25, 0.3) is 5.91 Å². The van der Waals surface area contributed by atoms with E-state index in [1.54, 1.807) is 18.3 Å². The quantitative estimate of drug-likeness (QED) is 0.876. The van der Waals surface area contributed by atoms with Crippen molar-refractivity contribution in [3.63, 3.8) is 0 Å². The first kappa shape index (κ1) is 13.2. The van der Waals surface area contributed by atoms with E-state index in [4.69, 9.17) is 5.73 Å². The van der Waals surface area contributed by atoms with Crippen LogP contribution in [0.25, 0.3) is 0 Å². The molecule has 0 radical (unpaired) electrons. The molecule has 98 valence electrons. The Morgan fingerprint density at radius 3 is 2.78 bits per heavy atom. The molecule has 0 aromatic carbocycles. The van der Waals surface area contributed by atoms with E-state index in [2.05, 4.69) is 16.6 Å². The molecule has 2 rings (SSSR count). The van der Waals surface area contributed by atoms with Gasteiger partial charge >= 0.3 is 0 Å². The highest BCUT2D eigenvalue weighted by Gasteiger charge is 2.21. The summed E-state index contributed by atoms with van der Waals surface area (Å²) in [5, 5.41) is 4.13. The maximum absolute atomic E-state index is 11.3. The Bertz CT molecular complexity index is 416. The number of rotatable bonds is 4. The number of nitrogens with zero attached hydrogens (tertiary/aromatic N) is 1. The van der Waals surface area contributed by atoms with E-state index in [1.807, 2.05) is 11.8 Å². The van der Waals surface area contributed by atoms with Crippen LogP contribution < -0.4 is 11.1 Å². The summed E-state index contributed by atoms with van der Waals surface area (Å²) in [7, 11) is 0. The molecule has 0 saturated heterocycles. The van der Waals surface area contributed by atoms with Gasteiger partial charge in [-0.3, -0.25) is 4.79 Å². The zero-order valence-electron chi connectivity index (χ0n) is 10.6. The monoisotopic (exact) mass is 265 g/mol. The predicted octanol–water partition coefficient (Wildman–Crippen LogP) is 2.27. The minimum atomic E-state index is -0.427. The van der Waals surface area contributed by atoms with Crippen molar-refractivity contribution in [2.45, 2.75) is 37.0 Å². The van der Waals surface area contributed by atoms with Crippen LogP contribution in [0.2, 0.25) is 0 Å². The molecule has 1 aromatic heterocycles. The standard InChI is InChI=1S/C13H19N3OS/c1-18-10-6-4-9(5-7-10)16-13-11(12(14)17)3-2-8-15-13/h2-3,8-10H,4-7H2,1H3,(H2,14,17)(H,15,16). The van der Waals surface area contributed by atoms with Gasteiger partial charge in [0.05, 0.1) is 5.56 Å². The molecule has 1 aliphatic carbocycles. The molecule has 1 aliphatic rings. The van der Waals surface area contributed by atoms with Crippen molar-refractivity contribution in [3.8, 4) is 0 Å². The number of anilines is 1. The largest absolute Gasteiger partial charge is 0.367 e. The van der Waals surface area contributed by atoms with Crippen molar-refractivity contribution >= 4 is 23.5 Å². The van der Waals surface area contributed by atoms with Crippen molar-refractivity contribution in [2.24, 2.45) is 5.73 Å². The molecule has 0 unspecified atom stereocenters. The summed E-state index contributed by atoms with van der Waals surface area (Å²) in [6.07, 6.45) is 8.54. The molecular formula is C13H19N3OS. The SMILES string of the molecule is CSC1CCC(Nc2ncccc2C(N)=O)CC1. The van der Waals surface area contributed by atoms with Crippen molar-refractivity contribution in [2.75, 3.05) is 11.6 Å². The fraction of sp³-hybridized carbons (Fsp3) is 0.538. The zero-order chi connectivity index (χ0) is 13.0. The van der Waals surface area contributed by atoms with Gasteiger partial charge in [-0.15, -0.1) is 0 Å². The van der Waals surface area contributed by atoms with E-state index in [1.165, 1.54) is 12.8 Å². The second-order valence-electron chi connectivity index (χ2n) is 4.62. The third-order valence-corrected chi connectivity index (χ3v) is 4.56. The molecule has 3 N–H and O–H groups in total. The fourth-order valence-electron chi connectivity index (χ4n) is 2.36. The van der Waals surface area contributed by atoms with Crippen molar-refractivity contribution in [3.05, 3.63) is 23.9 Å². The van der Waals surface area contributed by atoms with Crippen LogP contribution in [0, 0.1) is 0 Å². The Morgan fingerprint density at radius 2 is 2.17 bits per heavy atom. The number of carbonyl (C=O) groups is 1. The fourth-order valence-corrected chi connectivity index (χ4v) is 3.10. The maximum Gasteiger partial charge on any atom is 0.252 e. The summed E-state index contributed by atoms with van der Waals surface area (Å²) in [6.45, 7) is 0. The van der Waals surface area contributed by atoms with Gasteiger partial charge in [0.2, 0.25) is 0 Å². The average molecular weight is 265 g/mol. The highest BCUT2D eigenvalue weighted by molar-refractivity contribution is 7.99. The Morgan fingerprint density at radius 1 is 1.44 bits per heavy atom. The number of amides is 1. The summed E-state index contributed by atoms with van der Waals surface area (Å²) in [5.74, 6) is 0.195. The molecule has 0 atom stereocenters. The minimum Gasteiger partial charge on any atom is -0.367 e.